The number of aromatic nitrogens is 4. The summed E-state index contributed by atoms with van der Waals surface area (Å²) in [4.78, 5) is 36.2. The van der Waals surface area contributed by atoms with Crippen LogP contribution in [0.4, 0.5) is 0 Å². The number of nitrogens with zero attached hydrogens (tertiary/aromatic N) is 4. The second-order valence-corrected chi connectivity index (χ2v) is 7.33. The van der Waals surface area contributed by atoms with Crippen molar-refractivity contribution in [1.82, 2.24) is 19.2 Å². The minimum Gasteiger partial charge on any atom is -0.493 e. The summed E-state index contributed by atoms with van der Waals surface area (Å²) in [6, 6.07) is 9.87. The van der Waals surface area contributed by atoms with Crippen LogP contribution < -0.4 is 20.8 Å². The van der Waals surface area contributed by atoms with E-state index in [1.165, 1.54) is 29.9 Å². The number of carbonyl (C=O) groups is 2. The van der Waals surface area contributed by atoms with Crippen molar-refractivity contribution in [1.29, 1.82) is 0 Å². The minimum absolute atomic E-state index is 0.177. The van der Waals surface area contributed by atoms with Crippen molar-refractivity contribution in [2.45, 2.75) is 13.5 Å². The van der Waals surface area contributed by atoms with Crippen molar-refractivity contribution in [3.63, 3.8) is 0 Å². The highest BCUT2D eigenvalue weighted by atomic mass is 16.5. The van der Waals surface area contributed by atoms with Crippen LogP contribution in [-0.2, 0) is 23.2 Å². The molecule has 2 heterocycles. The maximum absolute atomic E-state index is 12.7. The molecule has 11 nitrogen and oxygen atoms in total. The molecule has 0 saturated heterocycles. The van der Waals surface area contributed by atoms with E-state index in [-0.39, 0.29) is 35.8 Å². The Bertz CT molecular complexity index is 1460. The molecule has 0 aliphatic rings. The van der Waals surface area contributed by atoms with Crippen LogP contribution in [-0.4, -0.2) is 44.8 Å². The Hall–Kier alpha value is -4.41. The second kappa shape index (κ2) is 8.61. The summed E-state index contributed by atoms with van der Waals surface area (Å²) in [5, 5.41) is 8.71. The number of ether oxygens (including phenoxy) is 3. The summed E-state index contributed by atoms with van der Waals surface area (Å²) in [5.41, 5.74) is 6.66. The lowest BCUT2D eigenvalue weighted by atomic mass is 10.1. The normalized spacial score (nSPS) is 11.0. The number of carbonyl (C=O) groups excluding carboxylic acids is 2. The molecule has 0 saturated carbocycles. The van der Waals surface area contributed by atoms with Gasteiger partial charge in [-0.15, -0.1) is 10.2 Å². The Kier molecular flexibility index (Phi) is 5.69. The Morgan fingerprint density at radius 1 is 1.09 bits per heavy atom. The number of aryl methyl sites for hydroxylation is 2. The van der Waals surface area contributed by atoms with Gasteiger partial charge in [0.1, 0.15) is 0 Å². The van der Waals surface area contributed by atoms with Gasteiger partial charge in [0.05, 0.1) is 23.6 Å². The molecule has 33 heavy (non-hydrogen) atoms. The molecule has 0 fully saturated rings. The smallest absolute Gasteiger partial charge is 0.338 e. The highest BCUT2D eigenvalue weighted by Gasteiger charge is 2.18. The molecule has 4 aromatic rings. The van der Waals surface area contributed by atoms with Gasteiger partial charge in [-0.25, -0.2) is 4.79 Å². The molecule has 0 aliphatic heterocycles. The average Bonchev–Trinajstić information content (AvgIpc) is 3.23. The number of benzene rings is 2. The third-order valence-electron chi connectivity index (χ3n) is 5.04. The van der Waals surface area contributed by atoms with E-state index < -0.39 is 11.9 Å². The molecule has 0 spiro atoms. The van der Waals surface area contributed by atoms with Crippen molar-refractivity contribution in [3.8, 4) is 11.5 Å². The van der Waals surface area contributed by atoms with E-state index in [0.717, 1.165) is 5.56 Å². The number of nitrogens with two attached hydrogens (primary N) is 1. The predicted octanol–water partition coefficient (Wildman–Crippen LogP) is 1.12. The van der Waals surface area contributed by atoms with Crippen molar-refractivity contribution < 1.29 is 23.8 Å². The van der Waals surface area contributed by atoms with E-state index >= 15 is 0 Å². The molecule has 0 unspecified atom stereocenters. The molecule has 2 aromatic carbocycles. The molecule has 0 radical (unpaired) electrons. The molecule has 0 atom stereocenters. The fourth-order valence-corrected chi connectivity index (χ4v) is 3.43. The zero-order chi connectivity index (χ0) is 23.7. The molecule has 11 heteroatoms. The van der Waals surface area contributed by atoms with Gasteiger partial charge in [0.15, 0.2) is 30.5 Å². The standard InChI is InChI=1S/C22H21N5O6/c1-12-4-6-15-14(8-12)20(29)26(2)22-25-24-19(27(15)22)11-33-21(30)13-5-7-16(17(9-13)31-3)32-10-18(23)28/h4-9H,10-11H2,1-3H3,(H2,23,28). The van der Waals surface area contributed by atoms with Gasteiger partial charge < -0.3 is 19.9 Å². The van der Waals surface area contributed by atoms with E-state index in [1.54, 1.807) is 17.5 Å². The fourth-order valence-electron chi connectivity index (χ4n) is 3.43. The zero-order valence-corrected chi connectivity index (χ0v) is 18.2. The number of hydrogen-bond donors (Lipinski definition) is 1. The van der Waals surface area contributed by atoms with Gasteiger partial charge in [-0.3, -0.25) is 18.6 Å². The van der Waals surface area contributed by atoms with Gasteiger partial charge >= 0.3 is 5.97 Å². The summed E-state index contributed by atoms with van der Waals surface area (Å²) < 4.78 is 19.0. The first-order chi connectivity index (χ1) is 15.8. The van der Waals surface area contributed by atoms with Crippen LogP contribution in [0.1, 0.15) is 21.7 Å². The Balaban J connectivity index is 1.61. The second-order valence-electron chi connectivity index (χ2n) is 7.33. The molecule has 0 bridgehead atoms. The first-order valence-electron chi connectivity index (χ1n) is 9.89. The van der Waals surface area contributed by atoms with E-state index in [1.807, 2.05) is 19.1 Å². The minimum atomic E-state index is -0.638. The van der Waals surface area contributed by atoms with E-state index in [4.69, 9.17) is 19.9 Å². The molecule has 2 N–H and O–H groups in total. The van der Waals surface area contributed by atoms with E-state index in [9.17, 15) is 14.4 Å². The number of primary amides is 1. The summed E-state index contributed by atoms with van der Waals surface area (Å²) in [6.45, 7) is 1.40. The first-order valence-corrected chi connectivity index (χ1v) is 9.89. The van der Waals surface area contributed by atoms with Gasteiger partial charge in [-0.1, -0.05) is 11.6 Å². The summed E-state index contributed by atoms with van der Waals surface area (Å²) in [5.74, 6) is -0.0668. The SMILES string of the molecule is COc1cc(C(=O)OCc2nnc3n(C)c(=O)c4cc(C)ccc4n23)ccc1OCC(N)=O. The molecular weight excluding hydrogens is 430 g/mol. The van der Waals surface area contributed by atoms with E-state index in [2.05, 4.69) is 10.2 Å². The van der Waals surface area contributed by atoms with E-state index in [0.29, 0.717) is 22.5 Å². The lowest BCUT2D eigenvalue weighted by Crippen LogP contribution is -2.21. The maximum atomic E-state index is 12.7. The van der Waals surface area contributed by atoms with Gasteiger partial charge in [-0.05, 0) is 37.3 Å². The Labute approximate surface area is 187 Å². The van der Waals surface area contributed by atoms with Crippen molar-refractivity contribution in [3.05, 3.63) is 63.7 Å². The summed E-state index contributed by atoms with van der Waals surface area (Å²) in [6.07, 6.45) is 0. The molecule has 1 amide bonds. The molecule has 170 valence electrons. The number of rotatable bonds is 7. The lowest BCUT2D eigenvalue weighted by Gasteiger charge is -2.11. The number of methoxy groups -OCH3 is 1. The average molecular weight is 451 g/mol. The summed E-state index contributed by atoms with van der Waals surface area (Å²) in [7, 11) is 3.01. The van der Waals surface area contributed by atoms with Gasteiger partial charge in [0.2, 0.25) is 5.78 Å². The molecule has 2 aromatic heterocycles. The number of hydrogen-bond acceptors (Lipinski definition) is 8. The highest BCUT2D eigenvalue weighted by Crippen LogP contribution is 2.28. The van der Waals surface area contributed by atoms with Crippen LogP contribution in [0.3, 0.4) is 0 Å². The van der Waals surface area contributed by atoms with Crippen molar-refractivity contribution >= 4 is 28.6 Å². The third kappa shape index (κ3) is 4.07. The maximum Gasteiger partial charge on any atom is 0.338 e. The van der Waals surface area contributed by atoms with Gasteiger partial charge in [0.25, 0.3) is 11.5 Å². The molecule has 0 aliphatic carbocycles. The van der Waals surface area contributed by atoms with Crippen molar-refractivity contribution in [2.24, 2.45) is 12.8 Å². The predicted molar refractivity (Wildman–Crippen MR) is 117 cm³/mol. The van der Waals surface area contributed by atoms with Crippen LogP contribution in [0.15, 0.2) is 41.2 Å². The number of fused-ring (bicyclic) bond motifs is 3. The topological polar surface area (TPSA) is 140 Å². The Morgan fingerprint density at radius 2 is 1.88 bits per heavy atom. The number of amides is 1. The fraction of sp³-hybridized carbons (Fsp3) is 0.227. The van der Waals surface area contributed by atoms with Gasteiger partial charge in [0, 0.05) is 7.05 Å². The lowest BCUT2D eigenvalue weighted by molar-refractivity contribution is -0.119. The summed E-state index contributed by atoms with van der Waals surface area (Å²) >= 11 is 0. The quantitative estimate of drug-likeness (QED) is 0.412. The van der Waals surface area contributed by atoms with Crippen LogP contribution in [0.5, 0.6) is 11.5 Å². The number of esters is 1. The van der Waals surface area contributed by atoms with Crippen LogP contribution in [0.25, 0.3) is 16.7 Å². The van der Waals surface area contributed by atoms with Crippen LogP contribution in [0.2, 0.25) is 0 Å². The van der Waals surface area contributed by atoms with Crippen LogP contribution in [0, 0.1) is 6.92 Å². The van der Waals surface area contributed by atoms with Gasteiger partial charge in [-0.2, -0.15) is 0 Å². The Morgan fingerprint density at radius 3 is 2.61 bits per heavy atom. The van der Waals surface area contributed by atoms with Crippen molar-refractivity contribution in [2.75, 3.05) is 13.7 Å². The van der Waals surface area contributed by atoms with Crippen LogP contribution >= 0.6 is 0 Å². The largest absolute Gasteiger partial charge is 0.493 e. The third-order valence-corrected chi connectivity index (χ3v) is 5.04. The highest BCUT2D eigenvalue weighted by molar-refractivity contribution is 5.90. The molecule has 4 rings (SSSR count). The monoisotopic (exact) mass is 451 g/mol. The zero-order valence-electron chi connectivity index (χ0n) is 18.2. The first kappa shape index (κ1) is 21.8. The molecular formula is C22H21N5O6.